The maximum absolute atomic E-state index is 12.2. The summed E-state index contributed by atoms with van der Waals surface area (Å²) in [7, 11) is 0.841. The smallest absolute Gasteiger partial charge is 0.410 e. The number of carbonyl (C=O) groups is 2. The first-order valence-electron chi connectivity index (χ1n) is 10.0. The van der Waals surface area contributed by atoms with Crippen LogP contribution < -0.4 is 20.5 Å². The molecule has 3 aromatic rings. The Hall–Kier alpha value is -3.76. The van der Waals surface area contributed by atoms with E-state index >= 15 is 0 Å². The molecule has 1 aromatic heterocycles. The lowest BCUT2D eigenvalue weighted by Crippen LogP contribution is -2.21. The topological polar surface area (TPSA) is 136 Å². The molecule has 1 fully saturated rings. The van der Waals surface area contributed by atoms with E-state index in [9.17, 15) is 14.7 Å². The normalized spacial score (nSPS) is 17.8. The Morgan fingerprint density at radius 2 is 2.12 bits per heavy atom. The van der Waals surface area contributed by atoms with Crippen molar-refractivity contribution in [2.45, 2.75) is 6.04 Å². The van der Waals surface area contributed by atoms with Gasteiger partial charge < -0.3 is 25.6 Å². The van der Waals surface area contributed by atoms with Gasteiger partial charge in [0, 0.05) is 5.39 Å². The number of nitrogens with one attached hydrogen (secondary N) is 1. The molecule has 10 heteroatoms. The Labute approximate surface area is 192 Å². The van der Waals surface area contributed by atoms with Gasteiger partial charge in [-0.05, 0) is 28.6 Å². The minimum atomic E-state index is -0.966. The zero-order valence-corrected chi connectivity index (χ0v) is 18.5. The number of amidine groups is 1. The molecule has 0 bridgehead atoms. The molecular formula is C23H22N4O5S. The molecular weight excluding hydrogens is 444 g/mol. The molecule has 1 saturated heterocycles. The Bertz CT molecular complexity index is 1280. The van der Waals surface area contributed by atoms with E-state index in [1.165, 1.54) is 13.3 Å². The van der Waals surface area contributed by atoms with E-state index in [1.54, 1.807) is 0 Å². The summed E-state index contributed by atoms with van der Waals surface area (Å²) in [5.41, 5.74) is 7.45. The number of aromatic nitrogens is 1. The lowest BCUT2D eigenvalue weighted by atomic mass is 10.1. The largest absolute Gasteiger partial charge is 0.492 e. The number of nitrogens with two attached hydrogens (primary N) is 1. The minimum Gasteiger partial charge on any atom is -0.492 e. The van der Waals surface area contributed by atoms with Crippen LogP contribution in [0.1, 0.15) is 17.2 Å². The first kappa shape index (κ1) is 22.4. The predicted molar refractivity (Wildman–Crippen MR) is 128 cm³/mol. The van der Waals surface area contributed by atoms with Gasteiger partial charge in [-0.2, -0.15) is 0 Å². The van der Waals surface area contributed by atoms with E-state index in [0.717, 1.165) is 11.1 Å². The fourth-order valence-electron chi connectivity index (χ4n) is 3.46. The second-order valence-electron chi connectivity index (χ2n) is 7.14. The average molecular weight is 467 g/mol. The van der Waals surface area contributed by atoms with Crippen molar-refractivity contribution in [3.05, 3.63) is 65.9 Å². The SMILES string of the molecule is COc1c(OC(N)=O)cnc2ccc(/C=S3/CC(=O)NC3=N[C@@H](CO)c3ccccc3)cc12. The molecule has 1 unspecified atom stereocenters. The van der Waals surface area contributed by atoms with Gasteiger partial charge in [0.05, 0.1) is 31.2 Å². The summed E-state index contributed by atoms with van der Waals surface area (Å²) in [4.78, 5) is 32.3. The maximum atomic E-state index is 12.2. The molecule has 4 rings (SSSR count). The van der Waals surface area contributed by atoms with E-state index < -0.39 is 22.6 Å². The maximum Gasteiger partial charge on any atom is 0.410 e. The number of hydrogen-bond acceptors (Lipinski definition) is 7. The summed E-state index contributed by atoms with van der Waals surface area (Å²) in [5.74, 6) is 0.585. The summed E-state index contributed by atoms with van der Waals surface area (Å²) in [6, 6.07) is 14.5. The monoisotopic (exact) mass is 466 g/mol. The van der Waals surface area contributed by atoms with Gasteiger partial charge >= 0.3 is 6.09 Å². The van der Waals surface area contributed by atoms with Crippen molar-refractivity contribution in [1.29, 1.82) is 0 Å². The lowest BCUT2D eigenvalue weighted by molar-refractivity contribution is -0.116. The number of rotatable bonds is 6. The van der Waals surface area contributed by atoms with Gasteiger partial charge in [-0.3, -0.25) is 14.8 Å². The number of amides is 2. The van der Waals surface area contributed by atoms with Crippen LogP contribution in [-0.4, -0.2) is 52.1 Å². The zero-order valence-electron chi connectivity index (χ0n) is 17.7. The van der Waals surface area contributed by atoms with Crippen molar-refractivity contribution in [1.82, 2.24) is 10.3 Å². The van der Waals surface area contributed by atoms with Crippen molar-refractivity contribution in [3.63, 3.8) is 0 Å². The standard InChI is InChI=1S/C23H22N4O5S/c1-31-21-16-9-14(7-8-17(16)25-10-19(21)32-22(24)30)12-33-13-20(29)27-23(33)26-18(11-28)15-5-3-2-4-6-15/h2-10,12,18,28H,11,13H2,1H3,(H2,24,30)(H,26,27,29)/t18-,33?/m0/s1. The molecule has 1 aliphatic heterocycles. The number of benzene rings is 2. The minimum absolute atomic E-state index is 0.116. The van der Waals surface area contributed by atoms with Crippen LogP contribution in [0.15, 0.2) is 59.7 Å². The highest BCUT2D eigenvalue weighted by Gasteiger charge is 2.23. The Balaban J connectivity index is 1.73. The second kappa shape index (κ2) is 9.80. The summed E-state index contributed by atoms with van der Waals surface area (Å²) < 4.78 is 10.4. The predicted octanol–water partition coefficient (Wildman–Crippen LogP) is 2.34. The van der Waals surface area contributed by atoms with Crippen molar-refractivity contribution in [3.8, 4) is 11.5 Å². The third kappa shape index (κ3) is 5.02. The number of ether oxygens (including phenoxy) is 2. The number of carbonyl (C=O) groups excluding carboxylic acids is 2. The van der Waals surface area contributed by atoms with Crippen molar-refractivity contribution in [2.75, 3.05) is 19.5 Å². The van der Waals surface area contributed by atoms with Crippen LogP contribution in [0.4, 0.5) is 4.79 Å². The van der Waals surface area contributed by atoms with Crippen LogP contribution >= 0.6 is 10.5 Å². The summed E-state index contributed by atoms with van der Waals surface area (Å²) in [6.45, 7) is -0.179. The van der Waals surface area contributed by atoms with Crippen LogP contribution in [0.5, 0.6) is 11.5 Å². The fraction of sp³-hybridized carbons (Fsp3) is 0.174. The van der Waals surface area contributed by atoms with Crippen LogP contribution in [0.2, 0.25) is 0 Å². The number of aliphatic imine (C=N–C) groups is 1. The van der Waals surface area contributed by atoms with Crippen LogP contribution in [0, 0.1) is 0 Å². The molecule has 0 radical (unpaired) electrons. The molecule has 2 atom stereocenters. The molecule has 4 N–H and O–H groups in total. The summed E-state index contributed by atoms with van der Waals surface area (Å²) in [5, 5.41) is 15.8. The fourth-order valence-corrected chi connectivity index (χ4v) is 5.13. The first-order valence-corrected chi connectivity index (χ1v) is 11.5. The Kier molecular flexibility index (Phi) is 6.66. The zero-order chi connectivity index (χ0) is 23.4. The Morgan fingerprint density at radius 3 is 2.82 bits per heavy atom. The van der Waals surface area contributed by atoms with Crippen LogP contribution in [0.25, 0.3) is 10.9 Å². The molecule has 2 heterocycles. The number of hydrogen-bond donors (Lipinski definition) is 3. The number of aliphatic hydroxyl groups excluding tert-OH is 1. The molecule has 2 aromatic carbocycles. The number of aliphatic hydroxyl groups is 1. The second-order valence-corrected chi connectivity index (χ2v) is 8.90. The molecule has 9 nitrogen and oxygen atoms in total. The number of primary amides is 1. The van der Waals surface area contributed by atoms with Crippen LogP contribution in [-0.2, 0) is 4.79 Å². The van der Waals surface area contributed by atoms with E-state index in [-0.39, 0.29) is 24.0 Å². The summed E-state index contributed by atoms with van der Waals surface area (Å²) >= 11 is 0. The van der Waals surface area contributed by atoms with Crippen LogP contribution in [0.3, 0.4) is 0 Å². The van der Waals surface area contributed by atoms with Crippen molar-refractivity contribution in [2.24, 2.45) is 10.7 Å². The van der Waals surface area contributed by atoms with Crippen molar-refractivity contribution >= 4 is 43.9 Å². The first-order chi connectivity index (χ1) is 16.0. The van der Waals surface area contributed by atoms with Gasteiger partial charge in [0.2, 0.25) is 5.91 Å². The molecule has 0 spiro atoms. The highest BCUT2D eigenvalue weighted by molar-refractivity contribution is 8.29. The Morgan fingerprint density at radius 1 is 1.33 bits per heavy atom. The van der Waals surface area contributed by atoms with Gasteiger partial charge in [-0.1, -0.05) is 36.4 Å². The van der Waals surface area contributed by atoms with Gasteiger partial charge in [0.15, 0.2) is 16.7 Å². The molecule has 1 aliphatic rings. The molecule has 0 aliphatic carbocycles. The van der Waals surface area contributed by atoms with Gasteiger partial charge in [0.25, 0.3) is 0 Å². The third-order valence-corrected chi connectivity index (χ3v) is 6.75. The lowest BCUT2D eigenvalue weighted by Gasteiger charge is -2.12. The molecule has 33 heavy (non-hydrogen) atoms. The van der Waals surface area contributed by atoms with E-state index in [2.05, 4.69) is 15.3 Å². The molecule has 2 amide bonds. The highest BCUT2D eigenvalue weighted by atomic mass is 32.2. The van der Waals surface area contributed by atoms with E-state index in [4.69, 9.17) is 15.2 Å². The summed E-state index contributed by atoms with van der Waals surface area (Å²) in [6.07, 6.45) is 0.409. The highest BCUT2D eigenvalue weighted by Crippen LogP contribution is 2.35. The number of methoxy groups -OCH3 is 1. The quantitative estimate of drug-likeness (QED) is 0.477. The van der Waals surface area contributed by atoms with Gasteiger partial charge in [0.1, 0.15) is 6.04 Å². The molecule has 170 valence electrons. The number of nitrogens with zero attached hydrogens (tertiary/aromatic N) is 2. The third-order valence-electron chi connectivity index (χ3n) is 4.91. The van der Waals surface area contributed by atoms with Gasteiger partial charge in [-0.15, -0.1) is 10.5 Å². The average Bonchev–Trinajstić information content (AvgIpc) is 3.15. The van der Waals surface area contributed by atoms with E-state index in [1.807, 2.05) is 53.9 Å². The van der Waals surface area contributed by atoms with Gasteiger partial charge in [-0.25, -0.2) is 4.79 Å². The number of pyridine rings is 1. The molecule has 0 saturated carbocycles. The van der Waals surface area contributed by atoms with Crippen molar-refractivity contribution < 1.29 is 24.2 Å². The van der Waals surface area contributed by atoms with E-state index in [0.29, 0.717) is 21.8 Å². The number of fused-ring (bicyclic) bond motifs is 1.